The van der Waals surface area contributed by atoms with E-state index in [1.807, 2.05) is 0 Å². The number of benzene rings is 1. The second-order valence-corrected chi connectivity index (χ2v) is 8.11. The third kappa shape index (κ3) is 2.99. The number of aliphatic hydroxyl groups excluding tert-OH is 1. The van der Waals surface area contributed by atoms with Gasteiger partial charge in [0.15, 0.2) is 0 Å². The molecule has 3 aromatic rings. The molecule has 26 heavy (non-hydrogen) atoms. The maximum Gasteiger partial charge on any atom is 0.141 e. The summed E-state index contributed by atoms with van der Waals surface area (Å²) in [5.41, 5.74) is 5.52. The first-order valence-corrected chi connectivity index (χ1v) is 10.3. The fraction of sp³-hybridized carbons (Fsp3) is 0.429. The highest BCUT2D eigenvalue weighted by molar-refractivity contribution is 7.19. The van der Waals surface area contributed by atoms with Crippen molar-refractivity contribution >= 4 is 27.4 Å². The molecule has 5 heteroatoms. The lowest BCUT2D eigenvalue weighted by Crippen LogP contribution is -2.27. The van der Waals surface area contributed by atoms with Crippen LogP contribution in [-0.2, 0) is 12.8 Å². The number of hydrogen-bond donors (Lipinski definition) is 1. The first-order valence-electron chi connectivity index (χ1n) is 9.45. The van der Waals surface area contributed by atoms with Gasteiger partial charge in [-0.15, -0.1) is 11.3 Å². The Morgan fingerprint density at radius 1 is 1.15 bits per heavy atom. The van der Waals surface area contributed by atoms with Crippen molar-refractivity contribution in [3.63, 3.8) is 0 Å². The molecule has 136 valence electrons. The largest absolute Gasteiger partial charge is 0.395 e. The summed E-state index contributed by atoms with van der Waals surface area (Å²) in [6, 6.07) is 6.95. The fourth-order valence-electron chi connectivity index (χ4n) is 4.04. The molecule has 0 unspecified atom stereocenters. The van der Waals surface area contributed by atoms with Crippen LogP contribution in [0.1, 0.15) is 35.8 Å². The molecule has 4 rings (SSSR count). The molecule has 0 saturated heterocycles. The number of aromatic nitrogens is 2. The summed E-state index contributed by atoms with van der Waals surface area (Å²) in [6.07, 6.45) is 6.61. The Hall–Kier alpha value is -1.98. The molecule has 0 spiro atoms. The summed E-state index contributed by atoms with van der Waals surface area (Å²) in [5.74, 6) is 0.934. The zero-order valence-electron chi connectivity index (χ0n) is 15.5. The average molecular weight is 368 g/mol. The van der Waals surface area contributed by atoms with E-state index in [1.54, 1.807) is 17.7 Å². The van der Waals surface area contributed by atoms with Crippen LogP contribution in [0.2, 0.25) is 0 Å². The molecular weight excluding hydrogens is 342 g/mol. The molecular formula is C21H25N3OS. The van der Waals surface area contributed by atoms with Gasteiger partial charge in [0.2, 0.25) is 0 Å². The van der Waals surface area contributed by atoms with Crippen molar-refractivity contribution in [1.82, 2.24) is 9.97 Å². The Balaban J connectivity index is 1.91. The SMILES string of the molecule is CCN(CCO)c1ncnc2sc(C)c(-c3ccc4c(c3)CCCC4)c12. The molecule has 1 aliphatic carbocycles. The van der Waals surface area contributed by atoms with Crippen LogP contribution in [0.5, 0.6) is 0 Å². The van der Waals surface area contributed by atoms with E-state index in [0.29, 0.717) is 6.54 Å². The Bertz CT molecular complexity index is 934. The van der Waals surface area contributed by atoms with E-state index >= 15 is 0 Å². The van der Waals surface area contributed by atoms with E-state index in [9.17, 15) is 5.11 Å². The number of rotatable bonds is 5. The highest BCUT2D eigenvalue weighted by atomic mass is 32.1. The van der Waals surface area contributed by atoms with E-state index in [2.05, 4.69) is 46.9 Å². The Kier molecular flexibility index (Phi) is 4.92. The third-order valence-electron chi connectivity index (χ3n) is 5.33. The third-order valence-corrected chi connectivity index (χ3v) is 6.35. The monoisotopic (exact) mass is 367 g/mol. The van der Waals surface area contributed by atoms with Crippen LogP contribution in [0.3, 0.4) is 0 Å². The van der Waals surface area contributed by atoms with Gasteiger partial charge in [0.25, 0.3) is 0 Å². The number of hydrogen-bond acceptors (Lipinski definition) is 5. The van der Waals surface area contributed by atoms with Crippen LogP contribution in [0.25, 0.3) is 21.3 Å². The standard InChI is InChI=1S/C21H25N3OS/c1-3-24(10-11-25)20-19-18(14(2)26-21(19)23-13-22-20)17-9-8-15-6-4-5-7-16(15)12-17/h8-9,12-13,25H,3-7,10-11H2,1-2H3. The van der Waals surface area contributed by atoms with E-state index in [-0.39, 0.29) is 6.61 Å². The fourth-order valence-corrected chi connectivity index (χ4v) is 5.05. The number of aliphatic hydroxyl groups is 1. The van der Waals surface area contributed by atoms with Gasteiger partial charge in [0, 0.05) is 23.5 Å². The minimum atomic E-state index is 0.122. The molecule has 2 heterocycles. The molecule has 1 aromatic carbocycles. The van der Waals surface area contributed by atoms with Crippen molar-refractivity contribution < 1.29 is 5.11 Å². The zero-order chi connectivity index (χ0) is 18.1. The highest BCUT2D eigenvalue weighted by Gasteiger charge is 2.20. The molecule has 0 atom stereocenters. The van der Waals surface area contributed by atoms with E-state index in [1.165, 1.54) is 52.8 Å². The lowest BCUT2D eigenvalue weighted by molar-refractivity contribution is 0.302. The maximum atomic E-state index is 9.44. The number of likely N-dealkylation sites (N-methyl/N-ethyl adjacent to an activating group) is 1. The van der Waals surface area contributed by atoms with Gasteiger partial charge >= 0.3 is 0 Å². The number of fused-ring (bicyclic) bond motifs is 2. The van der Waals surface area contributed by atoms with E-state index in [4.69, 9.17) is 0 Å². The van der Waals surface area contributed by atoms with Crippen LogP contribution in [-0.4, -0.2) is 34.8 Å². The molecule has 1 N–H and O–H groups in total. The summed E-state index contributed by atoms with van der Waals surface area (Å²) >= 11 is 1.73. The Morgan fingerprint density at radius 3 is 2.73 bits per heavy atom. The van der Waals surface area contributed by atoms with Gasteiger partial charge in [0.05, 0.1) is 12.0 Å². The molecule has 0 radical (unpaired) electrons. The summed E-state index contributed by atoms with van der Waals surface area (Å²) in [7, 11) is 0. The van der Waals surface area contributed by atoms with Crippen LogP contribution in [0.4, 0.5) is 5.82 Å². The molecule has 4 nitrogen and oxygen atoms in total. The van der Waals surface area contributed by atoms with Gasteiger partial charge in [-0.05, 0) is 56.2 Å². The number of aryl methyl sites for hydroxylation is 3. The predicted molar refractivity (Wildman–Crippen MR) is 109 cm³/mol. The van der Waals surface area contributed by atoms with Crippen molar-refractivity contribution in [2.75, 3.05) is 24.6 Å². The molecule has 0 fully saturated rings. The molecule has 1 aliphatic rings. The lowest BCUT2D eigenvalue weighted by Gasteiger charge is -2.22. The summed E-state index contributed by atoms with van der Waals surface area (Å²) < 4.78 is 0. The van der Waals surface area contributed by atoms with Gasteiger partial charge in [-0.3, -0.25) is 0 Å². The van der Waals surface area contributed by atoms with Crippen molar-refractivity contribution in [3.05, 3.63) is 40.5 Å². The maximum absolute atomic E-state index is 9.44. The van der Waals surface area contributed by atoms with Gasteiger partial charge < -0.3 is 10.0 Å². The minimum Gasteiger partial charge on any atom is -0.395 e. The summed E-state index contributed by atoms with van der Waals surface area (Å²) in [4.78, 5) is 13.6. The lowest BCUT2D eigenvalue weighted by atomic mass is 9.89. The smallest absolute Gasteiger partial charge is 0.141 e. The van der Waals surface area contributed by atoms with Crippen LogP contribution in [0, 0.1) is 6.92 Å². The van der Waals surface area contributed by atoms with Crippen LogP contribution in [0.15, 0.2) is 24.5 Å². The summed E-state index contributed by atoms with van der Waals surface area (Å²) in [5, 5.41) is 10.6. The number of anilines is 1. The Morgan fingerprint density at radius 2 is 1.96 bits per heavy atom. The van der Waals surface area contributed by atoms with Gasteiger partial charge in [-0.25, -0.2) is 9.97 Å². The summed E-state index contributed by atoms with van der Waals surface area (Å²) in [6.45, 7) is 5.79. The van der Waals surface area contributed by atoms with Crippen molar-refractivity contribution in [3.8, 4) is 11.1 Å². The topological polar surface area (TPSA) is 49.2 Å². The molecule has 0 aliphatic heterocycles. The van der Waals surface area contributed by atoms with Crippen molar-refractivity contribution in [1.29, 1.82) is 0 Å². The minimum absolute atomic E-state index is 0.122. The first kappa shape index (κ1) is 17.4. The average Bonchev–Trinajstić information content (AvgIpc) is 3.01. The first-order chi connectivity index (χ1) is 12.7. The predicted octanol–water partition coefficient (Wildman–Crippen LogP) is 4.36. The zero-order valence-corrected chi connectivity index (χ0v) is 16.3. The second-order valence-electron chi connectivity index (χ2n) is 6.90. The normalized spacial score (nSPS) is 13.8. The quantitative estimate of drug-likeness (QED) is 0.728. The number of nitrogens with zero attached hydrogens (tertiary/aromatic N) is 3. The molecule has 0 saturated carbocycles. The van der Waals surface area contributed by atoms with Crippen molar-refractivity contribution in [2.24, 2.45) is 0 Å². The van der Waals surface area contributed by atoms with Crippen molar-refractivity contribution in [2.45, 2.75) is 39.5 Å². The van der Waals surface area contributed by atoms with Gasteiger partial charge in [-0.1, -0.05) is 18.2 Å². The van der Waals surface area contributed by atoms with Gasteiger partial charge in [-0.2, -0.15) is 0 Å². The second kappa shape index (κ2) is 7.33. The van der Waals surface area contributed by atoms with E-state index < -0.39 is 0 Å². The molecule has 0 amide bonds. The molecule has 0 bridgehead atoms. The Labute approximate surface area is 158 Å². The van der Waals surface area contributed by atoms with Crippen LogP contribution < -0.4 is 4.90 Å². The highest BCUT2D eigenvalue weighted by Crippen LogP contribution is 2.42. The van der Waals surface area contributed by atoms with Crippen LogP contribution >= 0.6 is 11.3 Å². The van der Waals surface area contributed by atoms with Gasteiger partial charge in [0.1, 0.15) is 17.0 Å². The number of thiophene rings is 1. The molecule has 2 aromatic heterocycles. The van der Waals surface area contributed by atoms with E-state index in [0.717, 1.165) is 22.6 Å².